The third-order valence-electron chi connectivity index (χ3n) is 19.1. The Bertz CT molecular complexity index is 1810. The molecule has 2 aromatic rings. The minimum absolute atomic E-state index is 0.245. The minimum Gasteiger partial charge on any atom is -0.490 e. The van der Waals surface area contributed by atoms with Crippen molar-refractivity contribution in [3.63, 3.8) is 0 Å². The summed E-state index contributed by atoms with van der Waals surface area (Å²) in [7, 11) is 0. The van der Waals surface area contributed by atoms with Gasteiger partial charge < -0.3 is 33.7 Å². The number of unbranched alkanes of at least 4 members (excludes halogenated alkanes) is 54. The Labute approximate surface area is 578 Å². The molecule has 542 valence electrons. The van der Waals surface area contributed by atoms with Crippen LogP contribution in [0, 0.1) is 0 Å². The average molecular weight is 1300 g/mol. The molecule has 0 aromatic heterocycles. The fraction of sp³-hybridized carbons (Fsp3) is 0.847. The molecule has 0 fully saturated rings. The van der Waals surface area contributed by atoms with E-state index in [1.165, 1.54) is 289 Å². The number of carbonyl (C=O) groups excluding carboxylic acids is 1. The second kappa shape index (κ2) is 67.3. The van der Waals surface area contributed by atoms with Gasteiger partial charge in [-0.15, -0.1) is 0 Å². The lowest BCUT2D eigenvalue weighted by Gasteiger charge is -2.20. The first-order chi connectivity index (χ1) is 46.0. The third kappa shape index (κ3) is 50.7. The van der Waals surface area contributed by atoms with Crippen molar-refractivity contribution in [1.29, 1.82) is 0 Å². The van der Waals surface area contributed by atoms with Gasteiger partial charge in [-0.3, -0.25) is 4.79 Å². The fourth-order valence-electron chi connectivity index (χ4n) is 12.9. The van der Waals surface area contributed by atoms with Crippen molar-refractivity contribution in [2.24, 2.45) is 0 Å². The smallest absolute Gasteiger partial charge is 0.255 e. The van der Waals surface area contributed by atoms with Crippen LogP contribution >= 0.6 is 0 Å². The van der Waals surface area contributed by atoms with E-state index < -0.39 is 0 Å². The Kier molecular flexibility index (Phi) is 62.1. The van der Waals surface area contributed by atoms with E-state index in [0.717, 1.165) is 96.3 Å². The number of rotatable bonds is 74. The van der Waals surface area contributed by atoms with E-state index in [0.29, 0.717) is 85.4 Å². The number of ether oxygens (including phenoxy) is 6. The van der Waals surface area contributed by atoms with Gasteiger partial charge in [0, 0.05) is 23.4 Å². The molecule has 1 N–H and O–H groups in total. The van der Waals surface area contributed by atoms with Crippen LogP contribution in [0.15, 0.2) is 24.3 Å². The van der Waals surface area contributed by atoms with Gasteiger partial charge in [-0.05, 0) is 50.7 Å². The van der Waals surface area contributed by atoms with E-state index in [-0.39, 0.29) is 5.91 Å². The van der Waals surface area contributed by atoms with E-state index in [2.05, 4.69) is 46.9 Å². The van der Waals surface area contributed by atoms with Gasteiger partial charge in [0.25, 0.3) is 5.91 Å². The minimum atomic E-state index is -0.245. The third-order valence-corrected chi connectivity index (χ3v) is 19.1. The molecular formula is C85H155NO7. The highest BCUT2D eigenvalue weighted by Gasteiger charge is 2.22. The highest BCUT2D eigenvalue weighted by molar-refractivity contribution is 6.05. The predicted octanol–water partition coefficient (Wildman–Crippen LogP) is 28.7. The van der Waals surface area contributed by atoms with Gasteiger partial charge >= 0.3 is 0 Å². The molecule has 2 rings (SSSR count). The van der Waals surface area contributed by atoms with Crippen LogP contribution in [-0.4, -0.2) is 45.5 Å². The van der Waals surface area contributed by atoms with Gasteiger partial charge in [0.1, 0.15) is 0 Å². The lowest BCUT2D eigenvalue weighted by atomic mass is 10.0. The average Bonchev–Trinajstić information content (AvgIpc) is 0.861. The van der Waals surface area contributed by atoms with Gasteiger partial charge in [-0.1, -0.05) is 388 Å². The first-order valence-corrected chi connectivity index (χ1v) is 41.5. The van der Waals surface area contributed by atoms with Crippen LogP contribution < -0.4 is 33.7 Å². The number of nitrogens with one attached hydrogen (secondary N) is 1. The summed E-state index contributed by atoms with van der Waals surface area (Å²) < 4.78 is 40.1. The zero-order valence-corrected chi connectivity index (χ0v) is 62.8. The van der Waals surface area contributed by atoms with E-state index in [1.807, 2.05) is 24.3 Å². The van der Waals surface area contributed by atoms with Crippen LogP contribution in [0.25, 0.3) is 0 Å². The number of hydrogen-bond acceptors (Lipinski definition) is 7. The van der Waals surface area contributed by atoms with Crippen LogP contribution in [0.5, 0.6) is 34.5 Å². The second-order valence-corrected chi connectivity index (χ2v) is 28.2. The Hall–Kier alpha value is -3.29. The molecule has 0 aliphatic heterocycles. The second-order valence-electron chi connectivity index (χ2n) is 28.2. The molecule has 93 heavy (non-hydrogen) atoms. The molecule has 0 radical (unpaired) electrons. The zero-order valence-electron chi connectivity index (χ0n) is 62.8. The number of amides is 1. The highest BCUT2D eigenvalue weighted by atomic mass is 16.5. The summed E-state index contributed by atoms with van der Waals surface area (Å²) in [6.45, 7) is 17.0. The molecule has 0 saturated heterocycles. The van der Waals surface area contributed by atoms with E-state index in [1.54, 1.807) is 0 Å². The van der Waals surface area contributed by atoms with Gasteiger partial charge in [0.05, 0.1) is 39.6 Å². The lowest BCUT2D eigenvalue weighted by Crippen LogP contribution is -2.15. The topological polar surface area (TPSA) is 84.5 Å². The molecule has 0 aliphatic rings. The van der Waals surface area contributed by atoms with Crippen molar-refractivity contribution < 1.29 is 33.2 Å². The standard InChI is InChI=1S/C85H155NO7/c1-7-13-19-25-28-31-34-37-40-43-46-49-52-55-58-64-69-90-81-75-78(86-85(87)77-73-79(88-67-61-22-16-10-4)83(92-71-63-24-18-12-6)80(74-77)89-68-62-23-17-11-5)76-82(91-70-65-59-56-53-50-47-44-41-38-35-32-29-26-20-14-8-2)84(81)93-72-66-60-57-54-51-48-45-42-39-36-33-30-27-21-15-9-3/h73-76H,7-72H2,1-6H3,(H,86,87). The van der Waals surface area contributed by atoms with Crippen molar-refractivity contribution in [1.82, 2.24) is 0 Å². The van der Waals surface area contributed by atoms with E-state index >= 15 is 0 Å². The van der Waals surface area contributed by atoms with Crippen molar-refractivity contribution in [3.8, 4) is 34.5 Å². The van der Waals surface area contributed by atoms with Gasteiger partial charge in [0.2, 0.25) is 11.5 Å². The summed E-state index contributed by atoms with van der Waals surface area (Å²) in [6.07, 6.45) is 77.0. The highest BCUT2D eigenvalue weighted by Crippen LogP contribution is 2.43. The summed E-state index contributed by atoms with van der Waals surface area (Å²) in [5.74, 6) is 3.46. The number of benzene rings is 2. The van der Waals surface area contributed by atoms with Crippen LogP contribution in [0.4, 0.5) is 5.69 Å². The first kappa shape index (κ1) is 85.8. The Morgan fingerprint density at radius 2 is 0.387 bits per heavy atom. The summed E-state index contributed by atoms with van der Waals surface area (Å²) in [5.41, 5.74) is 1.09. The molecule has 0 bridgehead atoms. The molecule has 8 heteroatoms. The molecule has 0 spiro atoms. The molecule has 0 heterocycles. The van der Waals surface area contributed by atoms with Crippen LogP contribution in [0.1, 0.15) is 437 Å². The Morgan fingerprint density at radius 1 is 0.226 bits per heavy atom. The first-order valence-electron chi connectivity index (χ1n) is 41.5. The Morgan fingerprint density at radius 3 is 0.591 bits per heavy atom. The maximum atomic E-state index is 14.8. The Balaban J connectivity index is 2.31. The lowest BCUT2D eigenvalue weighted by molar-refractivity contribution is 0.102. The van der Waals surface area contributed by atoms with E-state index in [4.69, 9.17) is 28.4 Å². The monoisotopic (exact) mass is 1300 g/mol. The number of hydrogen-bond donors (Lipinski definition) is 1. The molecule has 2 aromatic carbocycles. The molecule has 0 unspecified atom stereocenters. The fourth-order valence-corrected chi connectivity index (χ4v) is 12.9. The molecule has 0 saturated carbocycles. The molecular weight excluding hydrogens is 1150 g/mol. The summed E-state index contributed by atoms with van der Waals surface area (Å²) in [5, 5.41) is 3.31. The van der Waals surface area contributed by atoms with Crippen molar-refractivity contribution in [2.75, 3.05) is 45.0 Å². The summed E-state index contributed by atoms with van der Waals surface area (Å²) >= 11 is 0. The predicted molar refractivity (Wildman–Crippen MR) is 405 cm³/mol. The van der Waals surface area contributed by atoms with Crippen molar-refractivity contribution >= 4 is 11.6 Å². The quantitative estimate of drug-likeness (QED) is 0.0661. The summed E-state index contributed by atoms with van der Waals surface area (Å²) in [6, 6.07) is 7.66. The SMILES string of the molecule is CCCCCCCCCCCCCCCCCCOc1cc(NC(=O)c2cc(OCCCCCC)c(OCCCCCC)c(OCCCCCC)c2)cc(OCCCCCCCCCCCCCCCCCC)c1OCCCCCCCCCCCCCCCCCC. The number of carbonyl (C=O) groups is 1. The van der Waals surface area contributed by atoms with Gasteiger partial charge in [-0.25, -0.2) is 0 Å². The van der Waals surface area contributed by atoms with Crippen LogP contribution in [-0.2, 0) is 0 Å². The van der Waals surface area contributed by atoms with Gasteiger partial charge in [0.15, 0.2) is 23.0 Å². The summed E-state index contributed by atoms with van der Waals surface area (Å²) in [4.78, 5) is 14.8. The largest absolute Gasteiger partial charge is 0.490 e. The maximum absolute atomic E-state index is 14.8. The maximum Gasteiger partial charge on any atom is 0.255 e. The van der Waals surface area contributed by atoms with Crippen LogP contribution in [0.3, 0.4) is 0 Å². The normalized spacial score (nSPS) is 11.4. The van der Waals surface area contributed by atoms with Crippen molar-refractivity contribution in [3.05, 3.63) is 29.8 Å². The molecule has 0 atom stereocenters. The number of anilines is 1. The van der Waals surface area contributed by atoms with Crippen molar-refractivity contribution in [2.45, 2.75) is 427 Å². The van der Waals surface area contributed by atoms with Gasteiger partial charge in [-0.2, -0.15) is 0 Å². The van der Waals surface area contributed by atoms with Crippen LogP contribution in [0.2, 0.25) is 0 Å². The molecule has 8 nitrogen and oxygen atoms in total. The molecule has 0 aliphatic carbocycles. The molecule has 1 amide bonds. The zero-order chi connectivity index (χ0) is 66.6. The van der Waals surface area contributed by atoms with E-state index in [9.17, 15) is 4.79 Å².